The van der Waals surface area contributed by atoms with Gasteiger partial charge in [-0.1, -0.05) is 44.9 Å². The first-order valence-electron chi connectivity index (χ1n) is 7.35. The van der Waals surface area contributed by atoms with Gasteiger partial charge in [0.25, 0.3) is 0 Å². The first kappa shape index (κ1) is 16.1. The summed E-state index contributed by atoms with van der Waals surface area (Å²) in [6.45, 7) is 7.04. The van der Waals surface area contributed by atoms with Gasteiger partial charge in [0.2, 0.25) is 0 Å². The highest BCUT2D eigenvalue weighted by atomic mass is 19.1. The van der Waals surface area contributed by atoms with Crippen LogP contribution in [0.3, 0.4) is 0 Å². The third-order valence-electron chi connectivity index (χ3n) is 3.37. The molecule has 1 aromatic carbocycles. The van der Waals surface area contributed by atoms with Crippen molar-refractivity contribution < 1.29 is 4.39 Å². The molecule has 1 unspecified atom stereocenters. The molecule has 0 aliphatic heterocycles. The molecule has 1 N–H and O–H groups in total. The third-order valence-corrected chi connectivity index (χ3v) is 3.37. The molecule has 0 amide bonds. The Kier molecular flexibility index (Phi) is 7.68. The highest BCUT2D eigenvalue weighted by Gasteiger charge is 2.16. The van der Waals surface area contributed by atoms with Crippen LogP contribution in [0.5, 0.6) is 0 Å². The molecule has 1 atom stereocenters. The minimum absolute atomic E-state index is 0.0674. The molecule has 1 aromatic rings. The first-order valence-corrected chi connectivity index (χ1v) is 7.35. The van der Waals surface area contributed by atoms with E-state index in [2.05, 4.69) is 31.1 Å². The van der Waals surface area contributed by atoms with Crippen molar-refractivity contribution in [3.63, 3.8) is 0 Å². The van der Waals surface area contributed by atoms with E-state index in [9.17, 15) is 4.39 Å². The van der Waals surface area contributed by atoms with E-state index < -0.39 is 0 Å². The Bertz CT molecular complexity index is 354. The average molecular weight is 266 g/mol. The van der Waals surface area contributed by atoms with E-state index in [0.717, 1.165) is 25.2 Å². The number of rotatable bonds is 9. The number of unbranched alkanes of at least 4 members (excludes halogenated alkanes) is 2. The van der Waals surface area contributed by atoms with Crippen LogP contribution < -0.4 is 5.32 Å². The number of nitrogens with zero attached hydrogens (tertiary/aromatic N) is 1. The molecule has 0 aliphatic rings. The third kappa shape index (κ3) is 5.70. The molecule has 0 aromatic heterocycles. The van der Waals surface area contributed by atoms with Gasteiger partial charge in [0.05, 0.1) is 0 Å². The predicted molar refractivity (Wildman–Crippen MR) is 79.8 cm³/mol. The summed E-state index contributed by atoms with van der Waals surface area (Å²) in [4.78, 5) is 2.29. The molecule has 0 aliphatic carbocycles. The minimum atomic E-state index is -0.115. The number of nitrogens with one attached hydrogen (secondary N) is 1. The van der Waals surface area contributed by atoms with Gasteiger partial charge >= 0.3 is 0 Å². The van der Waals surface area contributed by atoms with Crippen LogP contribution in [0.1, 0.15) is 44.7 Å². The normalized spacial score (nSPS) is 12.9. The molecule has 0 fully saturated rings. The molecule has 3 heteroatoms. The van der Waals surface area contributed by atoms with Crippen LogP contribution in [0, 0.1) is 5.82 Å². The highest BCUT2D eigenvalue weighted by molar-refractivity contribution is 5.21. The molecule has 108 valence electrons. The van der Waals surface area contributed by atoms with Crippen molar-refractivity contribution in [1.29, 1.82) is 0 Å². The summed E-state index contributed by atoms with van der Waals surface area (Å²) >= 11 is 0. The summed E-state index contributed by atoms with van der Waals surface area (Å²) in [5.74, 6) is -0.115. The number of hydrogen-bond acceptors (Lipinski definition) is 2. The summed E-state index contributed by atoms with van der Waals surface area (Å²) in [5.41, 5.74) is 0.770. The van der Waals surface area contributed by atoms with E-state index in [1.165, 1.54) is 25.3 Å². The van der Waals surface area contributed by atoms with E-state index >= 15 is 0 Å². The Hall–Kier alpha value is -0.930. The summed E-state index contributed by atoms with van der Waals surface area (Å²) in [6.07, 6.45) is 3.71. The number of benzene rings is 1. The van der Waals surface area contributed by atoms with E-state index in [0.29, 0.717) is 0 Å². The smallest absolute Gasteiger partial charge is 0.128 e. The maximum atomic E-state index is 13.9. The zero-order valence-corrected chi connectivity index (χ0v) is 12.5. The van der Waals surface area contributed by atoms with Crippen LogP contribution in [0.2, 0.25) is 0 Å². The Morgan fingerprint density at radius 1 is 1.21 bits per heavy atom. The fourth-order valence-corrected chi connectivity index (χ4v) is 2.31. The van der Waals surface area contributed by atoms with Crippen molar-refractivity contribution in [3.05, 3.63) is 35.6 Å². The van der Waals surface area contributed by atoms with Crippen LogP contribution in [-0.4, -0.2) is 31.6 Å². The summed E-state index contributed by atoms with van der Waals surface area (Å²) in [6, 6.07) is 7.13. The summed E-state index contributed by atoms with van der Waals surface area (Å²) < 4.78 is 13.9. The van der Waals surface area contributed by atoms with Gasteiger partial charge in [0, 0.05) is 18.2 Å². The van der Waals surface area contributed by atoms with Gasteiger partial charge in [-0.2, -0.15) is 0 Å². The lowest BCUT2D eigenvalue weighted by Gasteiger charge is -2.25. The number of likely N-dealkylation sites (N-methyl/N-ethyl adjacent to an activating group) is 2. The monoisotopic (exact) mass is 266 g/mol. The quantitative estimate of drug-likeness (QED) is 0.687. The molecule has 0 heterocycles. The second kappa shape index (κ2) is 9.05. The molecular weight excluding hydrogens is 239 g/mol. The van der Waals surface area contributed by atoms with Crippen LogP contribution >= 0.6 is 0 Å². The van der Waals surface area contributed by atoms with Gasteiger partial charge < -0.3 is 10.2 Å². The number of halogens is 1. The SMILES string of the molecule is CCCCCN(C)CC(NCC)c1ccccc1F. The van der Waals surface area contributed by atoms with Gasteiger partial charge in [-0.15, -0.1) is 0 Å². The predicted octanol–water partition coefficient (Wildman–Crippen LogP) is 3.60. The molecule has 0 saturated carbocycles. The lowest BCUT2D eigenvalue weighted by Crippen LogP contribution is -2.34. The maximum Gasteiger partial charge on any atom is 0.128 e. The van der Waals surface area contributed by atoms with Crippen LogP contribution in [-0.2, 0) is 0 Å². The average Bonchev–Trinajstić information content (AvgIpc) is 2.39. The highest BCUT2D eigenvalue weighted by Crippen LogP contribution is 2.17. The lowest BCUT2D eigenvalue weighted by molar-refractivity contribution is 0.283. The van der Waals surface area contributed by atoms with E-state index in [-0.39, 0.29) is 11.9 Å². The molecule has 1 rings (SSSR count). The second-order valence-corrected chi connectivity index (χ2v) is 5.10. The number of hydrogen-bond donors (Lipinski definition) is 1. The van der Waals surface area contributed by atoms with Crippen molar-refractivity contribution in [3.8, 4) is 0 Å². The van der Waals surface area contributed by atoms with Crippen molar-refractivity contribution in [1.82, 2.24) is 10.2 Å². The van der Waals surface area contributed by atoms with E-state index in [1.54, 1.807) is 6.07 Å². The fourth-order valence-electron chi connectivity index (χ4n) is 2.31. The van der Waals surface area contributed by atoms with Crippen molar-refractivity contribution in [2.45, 2.75) is 39.2 Å². The Morgan fingerprint density at radius 3 is 2.58 bits per heavy atom. The van der Waals surface area contributed by atoms with Gasteiger partial charge in [-0.05, 0) is 32.6 Å². The molecule has 0 bridgehead atoms. The Morgan fingerprint density at radius 2 is 1.95 bits per heavy atom. The standard InChI is InChI=1S/C16H27FN2/c1-4-6-9-12-19(3)13-16(18-5-2)14-10-7-8-11-15(14)17/h7-8,10-11,16,18H,4-6,9,12-13H2,1-3H3. The second-order valence-electron chi connectivity index (χ2n) is 5.10. The maximum absolute atomic E-state index is 13.9. The molecule has 0 radical (unpaired) electrons. The molecule has 19 heavy (non-hydrogen) atoms. The van der Waals surface area contributed by atoms with Crippen LogP contribution in [0.25, 0.3) is 0 Å². The molecule has 2 nitrogen and oxygen atoms in total. The summed E-state index contributed by atoms with van der Waals surface area (Å²) in [7, 11) is 2.11. The van der Waals surface area contributed by atoms with Crippen molar-refractivity contribution in [2.24, 2.45) is 0 Å². The van der Waals surface area contributed by atoms with Gasteiger partial charge in [-0.3, -0.25) is 0 Å². The van der Waals surface area contributed by atoms with E-state index in [4.69, 9.17) is 0 Å². The van der Waals surface area contributed by atoms with Crippen LogP contribution in [0.4, 0.5) is 4.39 Å². The van der Waals surface area contributed by atoms with Gasteiger partial charge in [0.1, 0.15) is 5.82 Å². The molecular formula is C16H27FN2. The van der Waals surface area contributed by atoms with Crippen LogP contribution in [0.15, 0.2) is 24.3 Å². The first-order chi connectivity index (χ1) is 9.19. The molecule has 0 saturated heterocycles. The molecule has 0 spiro atoms. The van der Waals surface area contributed by atoms with Gasteiger partial charge in [0.15, 0.2) is 0 Å². The minimum Gasteiger partial charge on any atom is -0.309 e. The Balaban J connectivity index is 2.60. The lowest BCUT2D eigenvalue weighted by atomic mass is 10.1. The topological polar surface area (TPSA) is 15.3 Å². The zero-order chi connectivity index (χ0) is 14.1. The van der Waals surface area contributed by atoms with Crippen molar-refractivity contribution >= 4 is 0 Å². The Labute approximate surface area is 117 Å². The largest absolute Gasteiger partial charge is 0.309 e. The van der Waals surface area contributed by atoms with E-state index in [1.807, 2.05) is 12.1 Å². The summed E-state index contributed by atoms with van der Waals surface area (Å²) in [5, 5.41) is 3.38. The zero-order valence-electron chi connectivity index (χ0n) is 12.5. The van der Waals surface area contributed by atoms with Gasteiger partial charge in [-0.25, -0.2) is 4.39 Å². The van der Waals surface area contributed by atoms with Crippen molar-refractivity contribution in [2.75, 3.05) is 26.7 Å². The fraction of sp³-hybridized carbons (Fsp3) is 0.625.